The predicted molar refractivity (Wildman–Crippen MR) is 111 cm³/mol. The first-order valence-electron chi connectivity index (χ1n) is 9.65. The second-order valence-corrected chi connectivity index (χ2v) is 8.94. The maximum atomic E-state index is 12.7. The second kappa shape index (κ2) is 8.02. The molecule has 1 aliphatic rings. The minimum Gasteiger partial charge on any atom is -0.379 e. The maximum absolute atomic E-state index is 12.7. The van der Waals surface area contributed by atoms with Crippen LogP contribution in [0, 0.1) is 0 Å². The fourth-order valence-corrected chi connectivity index (χ4v) is 4.91. The number of sulfonamides is 1. The number of anilines is 1. The molecule has 0 spiro atoms. The number of benzene rings is 1. The SMILES string of the molecule is CCCn1ccc2cc(NC(=O)c3cc(S(=O)(=O)N4CCOCC4)c[nH]3)ccc21. The molecular weight excluding hydrogens is 392 g/mol. The standard InChI is InChI=1S/C20H24N4O4S/c1-2-6-23-7-5-15-12-16(3-4-19(15)23)22-20(25)18-13-17(14-21-18)29(26,27)24-8-10-28-11-9-24/h3-5,7,12-14,21H,2,6,8-11H2,1H3,(H,22,25). The molecule has 0 unspecified atom stereocenters. The number of aromatic amines is 1. The molecule has 0 saturated carbocycles. The molecule has 8 nitrogen and oxygen atoms in total. The number of nitrogens with one attached hydrogen (secondary N) is 2. The summed E-state index contributed by atoms with van der Waals surface area (Å²) < 4.78 is 34.2. The van der Waals surface area contributed by atoms with Gasteiger partial charge in [-0.2, -0.15) is 4.31 Å². The van der Waals surface area contributed by atoms with Crippen LogP contribution < -0.4 is 5.32 Å². The van der Waals surface area contributed by atoms with Crippen LogP contribution in [-0.4, -0.2) is 54.5 Å². The Bertz CT molecular complexity index is 1130. The fraction of sp³-hybridized carbons (Fsp3) is 0.350. The smallest absolute Gasteiger partial charge is 0.272 e. The average Bonchev–Trinajstić information content (AvgIpc) is 3.37. The van der Waals surface area contributed by atoms with E-state index in [0.29, 0.717) is 32.0 Å². The van der Waals surface area contributed by atoms with Gasteiger partial charge >= 0.3 is 0 Å². The lowest BCUT2D eigenvalue weighted by Gasteiger charge is -2.25. The molecule has 2 N–H and O–H groups in total. The summed E-state index contributed by atoms with van der Waals surface area (Å²) >= 11 is 0. The number of fused-ring (bicyclic) bond motifs is 1. The molecule has 3 heterocycles. The monoisotopic (exact) mass is 416 g/mol. The lowest BCUT2D eigenvalue weighted by molar-refractivity contribution is 0.0730. The molecule has 9 heteroatoms. The molecule has 2 aromatic heterocycles. The van der Waals surface area contributed by atoms with Crippen LogP contribution in [-0.2, 0) is 21.3 Å². The highest BCUT2D eigenvalue weighted by Gasteiger charge is 2.28. The van der Waals surface area contributed by atoms with E-state index in [1.54, 1.807) is 0 Å². The molecule has 0 aliphatic carbocycles. The molecule has 1 aliphatic heterocycles. The van der Waals surface area contributed by atoms with E-state index in [0.717, 1.165) is 23.9 Å². The van der Waals surface area contributed by atoms with Gasteiger partial charge < -0.3 is 19.6 Å². The van der Waals surface area contributed by atoms with E-state index >= 15 is 0 Å². The van der Waals surface area contributed by atoms with Crippen molar-refractivity contribution in [2.45, 2.75) is 24.8 Å². The van der Waals surface area contributed by atoms with Crippen molar-refractivity contribution in [3.63, 3.8) is 0 Å². The number of aromatic nitrogens is 2. The van der Waals surface area contributed by atoms with Gasteiger partial charge in [-0.15, -0.1) is 0 Å². The number of H-pyrrole nitrogens is 1. The number of hydrogen-bond donors (Lipinski definition) is 2. The molecule has 4 rings (SSSR count). The molecule has 1 saturated heterocycles. The number of ether oxygens (including phenoxy) is 1. The molecule has 0 bridgehead atoms. The van der Waals surface area contributed by atoms with Crippen LogP contribution in [0.5, 0.6) is 0 Å². The van der Waals surface area contributed by atoms with Crippen LogP contribution >= 0.6 is 0 Å². The van der Waals surface area contributed by atoms with Crippen molar-refractivity contribution in [1.82, 2.24) is 13.9 Å². The molecule has 0 radical (unpaired) electrons. The van der Waals surface area contributed by atoms with Crippen LogP contribution in [0.15, 0.2) is 47.6 Å². The highest BCUT2D eigenvalue weighted by Crippen LogP contribution is 2.22. The number of morpholine rings is 1. The number of hydrogen-bond acceptors (Lipinski definition) is 4. The summed E-state index contributed by atoms with van der Waals surface area (Å²) in [4.78, 5) is 15.5. The Kier molecular flexibility index (Phi) is 5.44. The zero-order valence-corrected chi connectivity index (χ0v) is 17.0. The number of carbonyl (C=O) groups is 1. The van der Waals surface area contributed by atoms with Crippen molar-refractivity contribution < 1.29 is 17.9 Å². The van der Waals surface area contributed by atoms with Crippen LogP contribution in [0.1, 0.15) is 23.8 Å². The molecular formula is C20H24N4O4S. The van der Waals surface area contributed by atoms with Gasteiger partial charge in [-0.05, 0) is 36.8 Å². The van der Waals surface area contributed by atoms with E-state index in [2.05, 4.69) is 21.8 Å². The first-order chi connectivity index (χ1) is 14.0. The zero-order chi connectivity index (χ0) is 20.4. The molecule has 1 aromatic carbocycles. The van der Waals surface area contributed by atoms with Gasteiger partial charge in [0.25, 0.3) is 5.91 Å². The van der Waals surface area contributed by atoms with E-state index in [9.17, 15) is 13.2 Å². The van der Waals surface area contributed by atoms with Crippen LogP contribution in [0.4, 0.5) is 5.69 Å². The Morgan fingerprint density at radius 1 is 1.21 bits per heavy atom. The van der Waals surface area contributed by atoms with Gasteiger partial charge in [0.2, 0.25) is 10.0 Å². The van der Waals surface area contributed by atoms with E-state index in [1.165, 1.54) is 16.6 Å². The molecule has 1 amide bonds. The minimum absolute atomic E-state index is 0.0802. The third-order valence-electron chi connectivity index (χ3n) is 5.00. The molecule has 0 atom stereocenters. The third-order valence-corrected chi connectivity index (χ3v) is 6.88. The number of carbonyl (C=O) groups excluding carboxylic acids is 1. The highest BCUT2D eigenvalue weighted by molar-refractivity contribution is 7.89. The molecule has 29 heavy (non-hydrogen) atoms. The third kappa shape index (κ3) is 3.93. The normalized spacial score (nSPS) is 15.6. The number of amides is 1. The van der Waals surface area contributed by atoms with Gasteiger partial charge in [0.05, 0.1) is 13.2 Å². The van der Waals surface area contributed by atoms with Gasteiger partial charge in [-0.3, -0.25) is 4.79 Å². The predicted octanol–water partition coefficient (Wildman–Crippen LogP) is 2.65. The fourth-order valence-electron chi connectivity index (χ4n) is 3.50. The topological polar surface area (TPSA) is 96.4 Å². The van der Waals surface area contributed by atoms with Crippen molar-refractivity contribution in [1.29, 1.82) is 0 Å². The quantitative estimate of drug-likeness (QED) is 0.646. The number of aryl methyl sites for hydroxylation is 1. The Balaban J connectivity index is 1.50. The number of nitrogens with zero attached hydrogens (tertiary/aromatic N) is 2. The van der Waals surface area contributed by atoms with E-state index < -0.39 is 10.0 Å². The highest BCUT2D eigenvalue weighted by atomic mass is 32.2. The van der Waals surface area contributed by atoms with Gasteiger partial charge in [-0.25, -0.2) is 8.42 Å². The Morgan fingerprint density at radius 3 is 2.76 bits per heavy atom. The van der Waals surface area contributed by atoms with Crippen LogP contribution in [0.3, 0.4) is 0 Å². The lowest BCUT2D eigenvalue weighted by Crippen LogP contribution is -2.40. The van der Waals surface area contributed by atoms with Crippen molar-refractivity contribution in [3.05, 3.63) is 48.4 Å². The Morgan fingerprint density at radius 2 is 2.00 bits per heavy atom. The van der Waals surface area contributed by atoms with E-state index in [1.807, 2.05) is 30.5 Å². The first-order valence-corrected chi connectivity index (χ1v) is 11.1. The molecule has 154 valence electrons. The van der Waals surface area contributed by atoms with Crippen molar-refractivity contribution in [3.8, 4) is 0 Å². The second-order valence-electron chi connectivity index (χ2n) is 7.00. The Labute approximate surface area is 169 Å². The summed E-state index contributed by atoms with van der Waals surface area (Å²) in [6, 6.07) is 9.12. The van der Waals surface area contributed by atoms with E-state index in [-0.39, 0.29) is 16.5 Å². The van der Waals surface area contributed by atoms with Crippen molar-refractivity contribution >= 4 is 32.5 Å². The summed E-state index contributed by atoms with van der Waals surface area (Å²) in [5, 5.41) is 3.87. The summed E-state index contributed by atoms with van der Waals surface area (Å²) in [6.45, 7) is 4.45. The van der Waals surface area contributed by atoms with Gasteiger partial charge in [0, 0.05) is 48.6 Å². The van der Waals surface area contributed by atoms with Crippen molar-refractivity contribution in [2.24, 2.45) is 0 Å². The van der Waals surface area contributed by atoms with Crippen molar-refractivity contribution in [2.75, 3.05) is 31.6 Å². The summed E-state index contributed by atoms with van der Waals surface area (Å²) in [5.74, 6) is -0.388. The summed E-state index contributed by atoms with van der Waals surface area (Å²) in [7, 11) is -3.64. The first kappa shape index (κ1) is 19.7. The molecule has 3 aromatic rings. The van der Waals surface area contributed by atoms with Gasteiger partial charge in [0.1, 0.15) is 10.6 Å². The van der Waals surface area contributed by atoms with Crippen LogP contribution in [0.2, 0.25) is 0 Å². The lowest BCUT2D eigenvalue weighted by atomic mass is 10.2. The zero-order valence-electron chi connectivity index (χ0n) is 16.2. The van der Waals surface area contributed by atoms with E-state index in [4.69, 9.17) is 4.74 Å². The Hall–Kier alpha value is -2.62. The largest absolute Gasteiger partial charge is 0.379 e. The molecule has 1 fully saturated rings. The van der Waals surface area contributed by atoms with Gasteiger partial charge in [-0.1, -0.05) is 6.92 Å². The number of rotatable bonds is 6. The van der Waals surface area contributed by atoms with Crippen LogP contribution in [0.25, 0.3) is 10.9 Å². The maximum Gasteiger partial charge on any atom is 0.272 e. The average molecular weight is 417 g/mol. The summed E-state index contributed by atoms with van der Waals surface area (Å²) in [6.07, 6.45) is 4.44. The minimum atomic E-state index is -3.64. The van der Waals surface area contributed by atoms with Gasteiger partial charge in [0.15, 0.2) is 0 Å². The summed E-state index contributed by atoms with van der Waals surface area (Å²) in [5.41, 5.74) is 1.97.